The molecule has 96 valence electrons. The van der Waals surface area contributed by atoms with E-state index < -0.39 is 0 Å². The van der Waals surface area contributed by atoms with Crippen LogP contribution in [0, 0.1) is 4.51 Å². The van der Waals surface area contributed by atoms with Crippen LogP contribution < -0.4 is 15.2 Å². The van der Waals surface area contributed by atoms with Gasteiger partial charge in [-0.3, -0.25) is 4.79 Å². The van der Waals surface area contributed by atoms with Crippen LogP contribution in [-0.2, 0) is 0 Å². The first-order chi connectivity index (χ1) is 8.08. The maximum Gasteiger partial charge on any atom is 0.224 e. The van der Waals surface area contributed by atoms with E-state index in [4.69, 9.17) is 12.2 Å². The minimum atomic E-state index is 0.0421. The van der Waals surface area contributed by atoms with Gasteiger partial charge in [-0.15, -0.1) is 0 Å². The van der Waals surface area contributed by atoms with Crippen LogP contribution in [0.1, 0.15) is 33.6 Å². The summed E-state index contributed by atoms with van der Waals surface area (Å²) in [6.45, 7) is 9.04. The molecule has 0 aliphatic rings. The van der Waals surface area contributed by atoms with Crippen molar-refractivity contribution in [2.45, 2.75) is 33.6 Å². The Morgan fingerprint density at radius 3 is 2.18 bits per heavy atom. The second-order valence-electron chi connectivity index (χ2n) is 4.30. The fourth-order valence-corrected chi connectivity index (χ4v) is 2.38. The van der Waals surface area contributed by atoms with Crippen LogP contribution in [0.2, 0.25) is 0 Å². The lowest BCUT2D eigenvalue weighted by atomic mass is 10.1. The van der Waals surface area contributed by atoms with Crippen molar-refractivity contribution >= 4 is 23.6 Å². The van der Waals surface area contributed by atoms with Crippen molar-refractivity contribution in [1.29, 1.82) is 0 Å². The van der Waals surface area contributed by atoms with Crippen LogP contribution in [0.3, 0.4) is 0 Å². The maximum atomic E-state index is 11.8. The number of hydrogen-bond donors (Lipinski definition) is 0. The highest BCUT2D eigenvalue weighted by Crippen LogP contribution is 2.30. The molecular weight excluding hydrogens is 232 g/mol. The monoisotopic (exact) mass is 254 g/mol. The lowest BCUT2D eigenvalue weighted by Crippen LogP contribution is -2.35. The Bertz CT molecular complexity index is 431. The number of unbranched alkanes of at least 4 members (excludes halogenated alkanes) is 1. The molecule has 0 unspecified atom stereocenters. The van der Waals surface area contributed by atoms with Gasteiger partial charge in [-0.25, -0.2) is 0 Å². The molecule has 1 aromatic carbocycles. The molecule has 0 radical (unpaired) electrons. The molecule has 0 amide bonds. The molecule has 0 spiro atoms. The van der Waals surface area contributed by atoms with Gasteiger partial charge in [-0.05, 0) is 20.3 Å². The minimum Gasteiger partial charge on any atom is -0.370 e. The van der Waals surface area contributed by atoms with Gasteiger partial charge < -0.3 is 9.80 Å². The van der Waals surface area contributed by atoms with Crippen LogP contribution in [0.15, 0.2) is 4.79 Å². The van der Waals surface area contributed by atoms with Gasteiger partial charge in [-0.1, -0.05) is 25.6 Å². The predicted octanol–water partition coefficient (Wildman–Crippen LogP) is 2.73. The SMILES string of the molecule is CCCCN(C)c1c(N(CC)CC)c(=S)c1=O. The van der Waals surface area contributed by atoms with E-state index in [0.717, 1.165) is 43.9 Å². The third-order valence-corrected chi connectivity index (χ3v) is 3.55. The van der Waals surface area contributed by atoms with E-state index in [0.29, 0.717) is 4.51 Å². The molecule has 4 heteroatoms. The van der Waals surface area contributed by atoms with Gasteiger partial charge in [0.05, 0.1) is 5.69 Å². The number of nitrogens with zero attached hydrogens (tertiary/aromatic N) is 2. The van der Waals surface area contributed by atoms with Crippen LogP contribution in [0.25, 0.3) is 0 Å². The Morgan fingerprint density at radius 1 is 1.12 bits per heavy atom. The minimum absolute atomic E-state index is 0.0421. The zero-order valence-corrected chi connectivity index (χ0v) is 12.1. The molecule has 0 aliphatic heterocycles. The molecule has 0 saturated heterocycles. The first-order valence-electron chi connectivity index (χ1n) is 6.37. The summed E-state index contributed by atoms with van der Waals surface area (Å²) in [7, 11) is 1.98. The summed E-state index contributed by atoms with van der Waals surface area (Å²) in [4.78, 5) is 16.1. The highest BCUT2D eigenvalue weighted by Gasteiger charge is 2.24. The highest BCUT2D eigenvalue weighted by molar-refractivity contribution is 7.71. The molecule has 0 saturated carbocycles. The third kappa shape index (κ3) is 2.68. The first-order valence-corrected chi connectivity index (χ1v) is 6.78. The average Bonchev–Trinajstić information content (AvgIpc) is 2.35. The third-order valence-electron chi connectivity index (χ3n) is 3.17. The molecule has 0 bridgehead atoms. The molecule has 0 N–H and O–H groups in total. The fourth-order valence-electron chi connectivity index (χ4n) is 2.06. The summed E-state index contributed by atoms with van der Waals surface area (Å²) < 4.78 is 0.507. The molecule has 1 aromatic rings. The molecule has 3 nitrogen and oxygen atoms in total. The lowest BCUT2D eigenvalue weighted by molar-refractivity contribution is 0.758. The van der Waals surface area contributed by atoms with E-state index in [1.807, 2.05) is 7.05 Å². The van der Waals surface area contributed by atoms with Crippen molar-refractivity contribution in [2.24, 2.45) is 0 Å². The van der Waals surface area contributed by atoms with Gasteiger partial charge in [0.25, 0.3) is 0 Å². The van der Waals surface area contributed by atoms with Crippen LogP contribution in [0.5, 0.6) is 0 Å². The second-order valence-corrected chi connectivity index (χ2v) is 4.71. The summed E-state index contributed by atoms with van der Waals surface area (Å²) >= 11 is 5.17. The van der Waals surface area contributed by atoms with Gasteiger partial charge in [-0.2, -0.15) is 0 Å². The summed E-state index contributed by atoms with van der Waals surface area (Å²) in [6.07, 6.45) is 2.24. The summed E-state index contributed by atoms with van der Waals surface area (Å²) in [5.74, 6) is 0. The van der Waals surface area contributed by atoms with Crippen molar-refractivity contribution in [1.82, 2.24) is 0 Å². The maximum absolute atomic E-state index is 11.8. The Kier molecular flexibility index (Phi) is 5.12. The normalized spacial score (nSPS) is 10.8. The summed E-state index contributed by atoms with van der Waals surface area (Å²) in [5, 5.41) is 0. The first kappa shape index (κ1) is 14.2. The second kappa shape index (κ2) is 6.15. The van der Waals surface area contributed by atoms with E-state index in [-0.39, 0.29) is 5.43 Å². The smallest absolute Gasteiger partial charge is 0.224 e. The molecule has 17 heavy (non-hydrogen) atoms. The quantitative estimate of drug-likeness (QED) is 0.698. The van der Waals surface area contributed by atoms with E-state index in [1.54, 1.807) is 0 Å². The average molecular weight is 254 g/mol. The Hall–Kier alpha value is -0.900. The van der Waals surface area contributed by atoms with Crippen molar-refractivity contribution < 1.29 is 0 Å². The molecule has 0 heterocycles. The predicted molar refractivity (Wildman–Crippen MR) is 77.7 cm³/mol. The highest BCUT2D eigenvalue weighted by atomic mass is 32.1. The van der Waals surface area contributed by atoms with Crippen LogP contribution in [0.4, 0.5) is 11.4 Å². The van der Waals surface area contributed by atoms with Gasteiger partial charge in [0.2, 0.25) is 5.43 Å². The Balaban J connectivity index is 2.97. The van der Waals surface area contributed by atoms with Crippen molar-refractivity contribution in [3.8, 4) is 0 Å². The topological polar surface area (TPSA) is 23.6 Å². The standard InChI is InChI=1S/C13H22N2OS/c1-5-8-9-14(4)10-11(13(17)12(10)16)15(6-2)7-3/h5-9H2,1-4H3. The van der Waals surface area contributed by atoms with Crippen LogP contribution in [-0.4, -0.2) is 26.7 Å². The summed E-state index contributed by atoms with van der Waals surface area (Å²) in [6, 6.07) is 0. The molecule has 1 rings (SSSR count). The van der Waals surface area contributed by atoms with E-state index in [1.165, 1.54) is 0 Å². The summed E-state index contributed by atoms with van der Waals surface area (Å²) in [5.41, 5.74) is 1.83. The Morgan fingerprint density at radius 2 is 1.71 bits per heavy atom. The molecule has 0 aliphatic carbocycles. The van der Waals surface area contributed by atoms with E-state index in [2.05, 4.69) is 30.6 Å². The molecule has 0 aromatic heterocycles. The fraction of sp³-hybridized carbons (Fsp3) is 0.692. The zero-order chi connectivity index (χ0) is 13.0. The van der Waals surface area contributed by atoms with Crippen LogP contribution >= 0.6 is 12.2 Å². The largest absolute Gasteiger partial charge is 0.370 e. The van der Waals surface area contributed by atoms with Gasteiger partial charge in [0.15, 0.2) is 0 Å². The lowest BCUT2D eigenvalue weighted by Gasteiger charge is -2.30. The molecule has 0 atom stereocenters. The number of hydrogen-bond acceptors (Lipinski definition) is 4. The van der Waals surface area contributed by atoms with Crippen molar-refractivity contribution in [3.05, 3.63) is 14.7 Å². The number of anilines is 2. The van der Waals surface area contributed by atoms with Gasteiger partial charge in [0, 0.05) is 26.7 Å². The Labute approximate surface area is 109 Å². The molecule has 0 fully saturated rings. The van der Waals surface area contributed by atoms with Crippen molar-refractivity contribution in [2.75, 3.05) is 36.5 Å². The van der Waals surface area contributed by atoms with Gasteiger partial charge in [0.1, 0.15) is 10.2 Å². The van der Waals surface area contributed by atoms with E-state index >= 15 is 0 Å². The molecular formula is C13H22N2OS. The zero-order valence-electron chi connectivity index (χ0n) is 11.2. The van der Waals surface area contributed by atoms with Crippen molar-refractivity contribution in [3.63, 3.8) is 0 Å². The van der Waals surface area contributed by atoms with Gasteiger partial charge >= 0.3 is 0 Å². The van der Waals surface area contributed by atoms with E-state index in [9.17, 15) is 4.79 Å². The number of rotatable bonds is 7.